The summed E-state index contributed by atoms with van der Waals surface area (Å²) in [6.45, 7) is 2.46. The highest BCUT2D eigenvalue weighted by molar-refractivity contribution is 5.05. The van der Waals surface area contributed by atoms with Gasteiger partial charge in [0.05, 0.1) is 17.7 Å². The summed E-state index contributed by atoms with van der Waals surface area (Å²) < 4.78 is 10.6. The quantitative estimate of drug-likeness (QED) is 0.628. The van der Waals surface area contributed by atoms with E-state index in [4.69, 9.17) is 15.2 Å². The molecule has 2 aliphatic heterocycles. The first-order valence-electron chi connectivity index (χ1n) is 5.33. The summed E-state index contributed by atoms with van der Waals surface area (Å²) in [5.41, 5.74) is 4.89. The third-order valence-corrected chi connectivity index (χ3v) is 3.52. The Labute approximate surface area is 84.4 Å². The monoisotopic (exact) mass is 201 g/mol. The highest BCUT2D eigenvalue weighted by Crippen LogP contribution is 2.35. The smallest absolute Gasteiger partial charge is 0.0892 e. The second-order valence-corrected chi connectivity index (χ2v) is 4.46. The number of rotatable bonds is 1. The maximum absolute atomic E-state index is 10.5. The fraction of sp³-hybridized carbons (Fsp3) is 1.00. The summed E-state index contributed by atoms with van der Waals surface area (Å²) in [4.78, 5) is 0. The van der Waals surface area contributed by atoms with Gasteiger partial charge in [-0.15, -0.1) is 0 Å². The molecule has 2 rings (SSSR count). The zero-order valence-electron chi connectivity index (χ0n) is 8.50. The van der Waals surface area contributed by atoms with E-state index in [0.29, 0.717) is 32.7 Å². The Balaban J connectivity index is 2.09. The van der Waals surface area contributed by atoms with Crippen molar-refractivity contribution in [1.29, 1.82) is 0 Å². The molecule has 0 aromatic heterocycles. The average Bonchev–Trinajstić information content (AvgIpc) is 2.20. The fourth-order valence-corrected chi connectivity index (χ4v) is 2.39. The zero-order valence-corrected chi connectivity index (χ0v) is 8.50. The van der Waals surface area contributed by atoms with Crippen LogP contribution in [0.2, 0.25) is 0 Å². The predicted molar refractivity (Wildman–Crippen MR) is 52.0 cm³/mol. The normalized spacial score (nSPS) is 38.1. The first kappa shape index (κ1) is 10.4. The molecule has 2 fully saturated rings. The summed E-state index contributed by atoms with van der Waals surface area (Å²) >= 11 is 0. The minimum atomic E-state index is -0.786. The minimum absolute atomic E-state index is 0.476. The van der Waals surface area contributed by atoms with E-state index in [-0.39, 0.29) is 0 Å². The molecule has 4 nitrogen and oxygen atoms in total. The van der Waals surface area contributed by atoms with Crippen molar-refractivity contribution in [2.75, 3.05) is 26.4 Å². The molecule has 0 aliphatic carbocycles. The molecular weight excluding hydrogens is 182 g/mol. The van der Waals surface area contributed by atoms with Crippen LogP contribution in [0.3, 0.4) is 0 Å². The van der Waals surface area contributed by atoms with Gasteiger partial charge in [0.15, 0.2) is 0 Å². The summed E-state index contributed by atoms with van der Waals surface area (Å²) in [5.74, 6) is 0. The van der Waals surface area contributed by atoms with Gasteiger partial charge in [-0.05, 0) is 12.8 Å². The number of ether oxygens (including phenoxy) is 2. The van der Waals surface area contributed by atoms with Crippen molar-refractivity contribution in [2.45, 2.75) is 36.8 Å². The van der Waals surface area contributed by atoms with Crippen molar-refractivity contribution >= 4 is 0 Å². The zero-order chi connectivity index (χ0) is 10.1. The molecule has 1 atom stereocenters. The Morgan fingerprint density at radius 1 is 1.00 bits per heavy atom. The molecule has 2 heterocycles. The van der Waals surface area contributed by atoms with Gasteiger partial charge >= 0.3 is 0 Å². The van der Waals surface area contributed by atoms with Crippen LogP contribution < -0.4 is 5.73 Å². The van der Waals surface area contributed by atoms with Crippen LogP contribution in [0.5, 0.6) is 0 Å². The van der Waals surface area contributed by atoms with Gasteiger partial charge in [-0.25, -0.2) is 0 Å². The van der Waals surface area contributed by atoms with Gasteiger partial charge in [-0.2, -0.15) is 0 Å². The topological polar surface area (TPSA) is 64.7 Å². The van der Waals surface area contributed by atoms with Gasteiger partial charge in [0.2, 0.25) is 0 Å². The fourth-order valence-electron chi connectivity index (χ4n) is 2.39. The van der Waals surface area contributed by atoms with Gasteiger partial charge in [0.25, 0.3) is 0 Å². The van der Waals surface area contributed by atoms with Crippen molar-refractivity contribution in [2.24, 2.45) is 5.73 Å². The molecule has 0 radical (unpaired) electrons. The summed E-state index contributed by atoms with van der Waals surface area (Å²) in [6, 6.07) is 0. The summed E-state index contributed by atoms with van der Waals surface area (Å²) in [5, 5.41) is 10.5. The first-order chi connectivity index (χ1) is 6.66. The van der Waals surface area contributed by atoms with Crippen LogP contribution >= 0.6 is 0 Å². The molecule has 1 unspecified atom stereocenters. The lowest BCUT2D eigenvalue weighted by atomic mass is 9.72. The second kappa shape index (κ2) is 3.77. The first-order valence-corrected chi connectivity index (χ1v) is 5.33. The Hall–Kier alpha value is -0.160. The SMILES string of the molecule is NC1(C2(O)CCOCC2)CCCOC1. The van der Waals surface area contributed by atoms with Gasteiger partial charge in [-0.3, -0.25) is 0 Å². The van der Waals surface area contributed by atoms with Crippen LogP contribution in [-0.2, 0) is 9.47 Å². The second-order valence-electron chi connectivity index (χ2n) is 4.46. The van der Waals surface area contributed by atoms with E-state index in [1.54, 1.807) is 0 Å². The maximum atomic E-state index is 10.5. The number of hydrogen-bond acceptors (Lipinski definition) is 4. The summed E-state index contributed by atoms with van der Waals surface area (Å²) in [7, 11) is 0. The third kappa shape index (κ3) is 1.67. The molecule has 0 bridgehead atoms. The van der Waals surface area contributed by atoms with E-state index in [1.807, 2.05) is 0 Å². The van der Waals surface area contributed by atoms with Crippen molar-refractivity contribution in [3.63, 3.8) is 0 Å². The third-order valence-electron chi connectivity index (χ3n) is 3.52. The van der Waals surface area contributed by atoms with Crippen LogP contribution in [0.25, 0.3) is 0 Å². The highest BCUT2D eigenvalue weighted by atomic mass is 16.5. The standard InChI is InChI=1S/C10H19NO3/c11-9(2-1-5-14-8-9)10(12)3-6-13-7-4-10/h12H,1-8,11H2. The minimum Gasteiger partial charge on any atom is -0.388 e. The van der Waals surface area contributed by atoms with Crippen molar-refractivity contribution < 1.29 is 14.6 Å². The Bertz CT molecular complexity index is 174. The van der Waals surface area contributed by atoms with E-state index < -0.39 is 11.1 Å². The maximum Gasteiger partial charge on any atom is 0.0892 e. The molecule has 3 N–H and O–H groups in total. The van der Waals surface area contributed by atoms with Crippen LogP contribution in [0.15, 0.2) is 0 Å². The van der Waals surface area contributed by atoms with Gasteiger partial charge in [-0.1, -0.05) is 0 Å². The van der Waals surface area contributed by atoms with E-state index in [9.17, 15) is 5.11 Å². The molecule has 2 aliphatic rings. The Kier molecular flexibility index (Phi) is 2.79. The number of nitrogens with two attached hydrogens (primary N) is 1. The van der Waals surface area contributed by atoms with E-state index in [1.165, 1.54) is 0 Å². The average molecular weight is 201 g/mol. The van der Waals surface area contributed by atoms with Crippen molar-refractivity contribution in [3.05, 3.63) is 0 Å². The molecule has 0 spiro atoms. The number of aliphatic hydroxyl groups is 1. The van der Waals surface area contributed by atoms with Crippen LogP contribution in [0, 0.1) is 0 Å². The highest BCUT2D eigenvalue weighted by Gasteiger charge is 2.49. The van der Waals surface area contributed by atoms with Crippen LogP contribution in [0.4, 0.5) is 0 Å². The Morgan fingerprint density at radius 2 is 1.71 bits per heavy atom. The molecule has 0 saturated carbocycles. The molecule has 82 valence electrons. The van der Waals surface area contributed by atoms with Crippen LogP contribution in [-0.4, -0.2) is 42.7 Å². The van der Waals surface area contributed by atoms with E-state index in [2.05, 4.69) is 0 Å². The van der Waals surface area contributed by atoms with Gasteiger partial charge in [0.1, 0.15) is 0 Å². The Morgan fingerprint density at radius 3 is 2.29 bits per heavy atom. The largest absolute Gasteiger partial charge is 0.388 e. The molecule has 0 aromatic carbocycles. The lowest BCUT2D eigenvalue weighted by molar-refractivity contribution is -0.143. The molecule has 14 heavy (non-hydrogen) atoms. The predicted octanol–water partition coefficient (Wildman–Crippen LogP) is 0.0358. The summed E-state index contributed by atoms with van der Waals surface area (Å²) in [6.07, 6.45) is 3.06. The number of hydrogen-bond donors (Lipinski definition) is 2. The van der Waals surface area contributed by atoms with E-state index >= 15 is 0 Å². The molecular formula is C10H19NO3. The van der Waals surface area contributed by atoms with Crippen molar-refractivity contribution in [1.82, 2.24) is 0 Å². The van der Waals surface area contributed by atoms with Crippen molar-refractivity contribution in [3.8, 4) is 0 Å². The molecule has 0 amide bonds. The molecule has 2 saturated heterocycles. The van der Waals surface area contributed by atoms with Crippen LogP contribution in [0.1, 0.15) is 25.7 Å². The van der Waals surface area contributed by atoms with E-state index in [0.717, 1.165) is 19.4 Å². The lowest BCUT2D eigenvalue weighted by Crippen LogP contribution is -2.66. The molecule has 0 aromatic rings. The molecule has 4 heteroatoms. The van der Waals surface area contributed by atoms with Gasteiger partial charge < -0.3 is 20.3 Å². The van der Waals surface area contributed by atoms with Gasteiger partial charge in [0, 0.05) is 32.7 Å². The lowest BCUT2D eigenvalue weighted by Gasteiger charge is -2.48.